The molecule has 0 saturated carbocycles. The molecule has 0 radical (unpaired) electrons. The van der Waals surface area contributed by atoms with Crippen LogP contribution in [0.5, 0.6) is 5.75 Å². The number of rotatable bonds is 4. The second-order valence-electron chi connectivity index (χ2n) is 7.55. The summed E-state index contributed by atoms with van der Waals surface area (Å²) in [6, 6.07) is 20.6. The Balaban J connectivity index is 1.50. The van der Waals surface area contributed by atoms with Gasteiger partial charge in [-0.1, -0.05) is 29.8 Å². The van der Waals surface area contributed by atoms with E-state index in [0.29, 0.717) is 18.0 Å². The standard InChI is InChI=1S/C24H21NO4S/c1-16-3-11-21(12-4-16)30(26,27)25-14-19-6-5-18-13-23(29-24(18)22(19)15-25)17-7-9-20(28-2)10-8-17/h3-13H,14-15H2,1-2H3. The lowest BCUT2D eigenvalue weighted by molar-refractivity contribution is 0.415. The third-order valence-electron chi connectivity index (χ3n) is 5.60. The molecule has 0 spiro atoms. The van der Waals surface area contributed by atoms with Gasteiger partial charge in [-0.25, -0.2) is 8.42 Å². The van der Waals surface area contributed by atoms with Crippen molar-refractivity contribution in [2.75, 3.05) is 7.11 Å². The monoisotopic (exact) mass is 419 g/mol. The van der Waals surface area contributed by atoms with Gasteiger partial charge < -0.3 is 9.15 Å². The van der Waals surface area contributed by atoms with Crippen LogP contribution in [0.1, 0.15) is 16.7 Å². The number of hydrogen-bond acceptors (Lipinski definition) is 4. The van der Waals surface area contributed by atoms with Gasteiger partial charge in [0.05, 0.1) is 12.0 Å². The Labute approximate surface area is 175 Å². The van der Waals surface area contributed by atoms with Gasteiger partial charge in [-0.05, 0) is 55.0 Å². The normalized spacial score (nSPS) is 14.2. The number of furan rings is 1. The molecule has 0 aliphatic carbocycles. The number of benzene rings is 3. The van der Waals surface area contributed by atoms with Crippen molar-refractivity contribution in [2.45, 2.75) is 24.9 Å². The van der Waals surface area contributed by atoms with Crippen LogP contribution in [0.3, 0.4) is 0 Å². The number of nitrogens with zero attached hydrogens (tertiary/aromatic N) is 1. The van der Waals surface area contributed by atoms with Crippen LogP contribution in [0.25, 0.3) is 22.3 Å². The minimum atomic E-state index is -3.57. The van der Waals surface area contributed by atoms with E-state index in [1.54, 1.807) is 19.2 Å². The Morgan fingerprint density at radius 3 is 2.37 bits per heavy atom. The molecule has 6 heteroatoms. The van der Waals surface area contributed by atoms with Crippen molar-refractivity contribution in [2.24, 2.45) is 0 Å². The maximum atomic E-state index is 13.1. The molecule has 2 heterocycles. The largest absolute Gasteiger partial charge is 0.497 e. The average Bonchev–Trinajstić information content (AvgIpc) is 3.38. The lowest BCUT2D eigenvalue weighted by Gasteiger charge is -2.15. The topological polar surface area (TPSA) is 59.8 Å². The smallest absolute Gasteiger partial charge is 0.243 e. The molecule has 0 unspecified atom stereocenters. The van der Waals surface area contributed by atoms with Crippen molar-refractivity contribution in [3.63, 3.8) is 0 Å². The molecule has 1 aliphatic heterocycles. The van der Waals surface area contributed by atoms with Crippen LogP contribution in [-0.2, 0) is 23.1 Å². The molecule has 3 aromatic carbocycles. The Hall–Kier alpha value is -3.09. The zero-order valence-electron chi connectivity index (χ0n) is 16.8. The van der Waals surface area contributed by atoms with Crippen LogP contribution in [0.15, 0.2) is 76.0 Å². The number of hydrogen-bond donors (Lipinski definition) is 0. The first kappa shape index (κ1) is 18.9. The predicted molar refractivity (Wildman–Crippen MR) is 116 cm³/mol. The van der Waals surface area contributed by atoms with E-state index in [4.69, 9.17) is 9.15 Å². The van der Waals surface area contributed by atoms with Gasteiger partial charge in [-0.2, -0.15) is 4.31 Å². The van der Waals surface area contributed by atoms with Crippen molar-refractivity contribution in [3.05, 3.63) is 83.4 Å². The molecule has 0 amide bonds. The predicted octanol–water partition coefficient (Wildman–Crippen LogP) is 5.12. The van der Waals surface area contributed by atoms with Crippen LogP contribution < -0.4 is 4.74 Å². The van der Waals surface area contributed by atoms with Crippen LogP contribution in [0.2, 0.25) is 0 Å². The van der Waals surface area contributed by atoms with E-state index in [1.807, 2.05) is 61.5 Å². The number of methoxy groups -OCH3 is 1. The quantitative estimate of drug-likeness (QED) is 0.461. The Bertz CT molecular complexity index is 1340. The summed E-state index contributed by atoms with van der Waals surface area (Å²) in [4.78, 5) is 0.315. The van der Waals surface area contributed by atoms with Gasteiger partial charge in [-0.3, -0.25) is 0 Å². The summed E-state index contributed by atoms with van der Waals surface area (Å²) in [7, 11) is -1.93. The molecular formula is C24H21NO4S. The van der Waals surface area contributed by atoms with E-state index >= 15 is 0 Å². The number of fused-ring (bicyclic) bond motifs is 3. The molecule has 0 saturated heterocycles. The highest BCUT2D eigenvalue weighted by molar-refractivity contribution is 7.89. The maximum absolute atomic E-state index is 13.1. The lowest BCUT2D eigenvalue weighted by atomic mass is 10.1. The molecule has 1 aromatic heterocycles. The summed E-state index contributed by atoms with van der Waals surface area (Å²) in [6.07, 6.45) is 0. The highest BCUT2D eigenvalue weighted by Crippen LogP contribution is 2.37. The van der Waals surface area contributed by atoms with E-state index in [2.05, 4.69) is 0 Å². The average molecular weight is 420 g/mol. The summed E-state index contributed by atoms with van der Waals surface area (Å²) in [6.45, 7) is 2.59. The van der Waals surface area contributed by atoms with Crippen molar-refractivity contribution in [1.82, 2.24) is 4.31 Å². The summed E-state index contributed by atoms with van der Waals surface area (Å²) >= 11 is 0. The van der Waals surface area contributed by atoms with Gasteiger partial charge in [0, 0.05) is 29.6 Å². The lowest BCUT2D eigenvalue weighted by Crippen LogP contribution is -2.25. The summed E-state index contributed by atoms with van der Waals surface area (Å²) in [5.41, 5.74) is 4.64. The SMILES string of the molecule is COc1ccc(-c2cc3ccc4c(c3o2)CN(S(=O)(=O)c2ccc(C)cc2)C4)cc1. The van der Waals surface area contributed by atoms with Crippen molar-refractivity contribution in [3.8, 4) is 17.1 Å². The maximum Gasteiger partial charge on any atom is 0.243 e. The number of sulfonamides is 1. The van der Waals surface area contributed by atoms with Crippen molar-refractivity contribution in [1.29, 1.82) is 0 Å². The van der Waals surface area contributed by atoms with E-state index in [9.17, 15) is 8.42 Å². The third-order valence-corrected chi connectivity index (χ3v) is 7.41. The van der Waals surface area contributed by atoms with Gasteiger partial charge in [0.1, 0.15) is 17.1 Å². The second kappa shape index (κ2) is 7.00. The number of aryl methyl sites for hydroxylation is 1. The van der Waals surface area contributed by atoms with Crippen LogP contribution >= 0.6 is 0 Å². The van der Waals surface area contributed by atoms with E-state index < -0.39 is 10.0 Å². The first-order chi connectivity index (χ1) is 14.5. The minimum absolute atomic E-state index is 0.304. The second-order valence-corrected chi connectivity index (χ2v) is 9.48. The Kier molecular flexibility index (Phi) is 4.41. The summed E-state index contributed by atoms with van der Waals surface area (Å²) in [5, 5.41) is 0.967. The number of ether oxygens (including phenoxy) is 1. The van der Waals surface area contributed by atoms with Gasteiger partial charge in [-0.15, -0.1) is 0 Å². The molecular weight excluding hydrogens is 398 g/mol. The molecule has 0 N–H and O–H groups in total. The highest BCUT2D eigenvalue weighted by Gasteiger charge is 2.32. The first-order valence-electron chi connectivity index (χ1n) is 9.71. The molecule has 152 valence electrons. The van der Waals surface area contributed by atoms with Crippen LogP contribution in [0, 0.1) is 6.92 Å². The molecule has 30 heavy (non-hydrogen) atoms. The highest BCUT2D eigenvalue weighted by atomic mass is 32.2. The molecule has 0 fully saturated rings. The fourth-order valence-electron chi connectivity index (χ4n) is 3.87. The third kappa shape index (κ3) is 3.09. The van der Waals surface area contributed by atoms with Gasteiger partial charge in [0.25, 0.3) is 0 Å². The molecule has 5 nitrogen and oxygen atoms in total. The van der Waals surface area contributed by atoms with E-state index in [1.165, 1.54) is 4.31 Å². The fraction of sp³-hybridized carbons (Fsp3) is 0.167. The van der Waals surface area contributed by atoms with Crippen molar-refractivity contribution >= 4 is 21.0 Å². The molecule has 5 rings (SSSR count). The minimum Gasteiger partial charge on any atom is -0.497 e. The Morgan fingerprint density at radius 1 is 0.933 bits per heavy atom. The molecule has 4 aromatic rings. The fourth-order valence-corrected chi connectivity index (χ4v) is 5.26. The van der Waals surface area contributed by atoms with Crippen molar-refractivity contribution < 1.29 is 17.6 Å². The molecule has 0 atom stereocenters. The van der Waals surface area contributed by atoms with Gasteiger partial charge in [0.15, 0.2) is 0 Å². The first-order valence-corrected chi connectivity index (χ1v) is 11.2. The summed E-state index contributed by atoms with van der Waals surface area (Å²) in [5.74, 6) is 1.54. The van der Waals surface area contributed by atoms with E-state index in [-0.39, 0.29) is 0 Å². The molecule has 0 bridgehead atoms. The van der Waals surface area contributed by atoms with Crippen LogP contribution in [0.4, 0.5) is 0 Å². The van der Waals surface area contributed by atoms with Crippen LogP contribution in [-0.4, -0.2) is 19.8 Å². The van der Waals surface area contributed by atoms with Gasteiger partial charge >= 0.3 is 0 Å². The van der Waals surface area contributed by atoms with E-state index in [0.717, 1.165) is 44.7 Å². The zero-order valence-corrected chi connectivity index (χ0v) is 17.6. The Morgan fingerprint density at radius 2 is 1.67 bits per heavy atom. The zero-order chi connectivity index (χ0) is 20.9. The molecule has 1 aliphatic rings. The van der Waals surface area contributed by atoms with Gasteiger partial charge in [0.2, 0.25) is 10.0 Å². The summed E-state index contributed by atoms with van der Waals surface area (Å²) < 4.78 is 39.2.